The number of piperidine rings is 1. The largest absolute Gasteiger partial charge is 0.357 e. The summed E-state index contributed by atoms with van der Waals surface area (Å²) in [6.45, 7) is 5.69. The van der Waals surface area contributed by atoms with E-state index >= 15 is 0 Å². The van der Waals surface area contributed by atoms with Crippen LogP contribution in [0, 0.1) is 0 Å². The number of hydrogen-bond acceptors (Lipinski definition) is 3. The summed E-state index contributed by atoms with van der Waals surface area (Å²) >= 11 is 0. The second-order valence-corrected chi connectivity index (χ2v) is 6.78. The zero-order valence-corrected chi connectivity index (χ0v) is 14.1. The van der Waals surface area contributed by atoms with Crippen LogP contribution in [0.5, 0.6) is 0 Å². The molecule has 1 fully saturated rings. The van der Waals surface area contributed by atoms with Gasteiger partial charge in [0.15, 0.2) is 0 Å². The molecule has 0 radical (unpaired) electrons. The number of carbonyl (C=O) groups is 1. The predicted octanol–water partition coefficient (Wildman–Crippen LogP) is 1.90. The molecule has 6 heteroatoms. The van der Waals surface area contributed by atoms with E-state index in [0.717, 1.165) is 38.4 Å². The Morgan fingerprint density at radius 2 is 2.00 bits per heavy atom. The van der Waals surface area contributed by atoms with Gasteiger partial charge in [-0.05, 0) is 38.1 Å². The summed E-state index contributed by atoms with van der Waals surface area (Å²) in [6, 6.07) is 3.71. The topological polar surface area (TPSA) is 57.2 Å². The van der Waals surface area contributed by atoms with Crippen LogP contribution in [0.4, 0.5) is 0 Å². The Morgan fingerprint density at radius 1 is 1.12 bits per heavy atom. The number of H-pyrrole nitrogens is 1. The van der Waals surface area contributed by atoms with Crippen molar-refractivity contribution in [1.82, 2.24) is 24.3 Å². The van der Waals surface area contributed by atoms with Crippen LogP contribution in [-0.2, 0) is 19.5 Å². The first-order valence-corrected chi connectivity index (χ1v) is 8.99. The number of amides is 1. The van der Waals surface area contributed by atoms with E-state index in [0.29, 0.717) is 5.69 Å². The van der Waals surface area contributed by atoms with Crippen molar-refractivity contribution in [2.24, 2.45) is 0 Å². The predicted molar refractivity (Wildman–Crippen MR) is 91.8 cm³/mol. The van der Waals surface area contributed by atoms with Gasteiger partial charge in [0.05, 0.1) is 5.69 Å². The molecule has 24 heavy (non-hydrogen) atoms. The third-order valence-corrected chi connectivity index (χ3v) is 5.17. The van der Waals surface area contributed by atoms with Crippen LogP contribution in [0.2, 0.25) is 0 Å². The fraction of sp³-hybridized carbons (Fsp3) is 0.556. The van der Waals surface area contributed by atoms with Crippen molar-refractivity contribution < 1.29 is 4.79 Å². The molecule has 0 atom stereocenters. The number of nitrogens with zero attached hydrogens (tertiary/aromatic N) is 4. The molecule has 0 unspecified atom stereocenters. The molecule has 0 aliphatic carbocycles. The summed E-state index contributed by atoms with van der Waals surface area (Å²) in [4.78, 5) is 24.7. The summed E-state index contributed by atoms with van der Waals surface area (Å²) < 4.78 is 2.33. The van der Waals surface area contributed by atoms with Crippen LogP contribution in [0.3, 0.4) is 0 Å². The molecule has 2 aliphatic heterocycles. The highest BCUT2D eigenvalue weighted by Gasteiger charge is 2.23. The average molecular weight is 327 g/mol. The van der Waals surface area contributed by atoms with E-state index < -0.39 is 0 Å². The van der Waals surface area contributed by atoms with Gasteiger partial charge in [-0.3, -0.25) is 9.69 Å². The molecule has 6 nitrogen and oxygen atoms in total. The number of rotatable bonds is 3. The van der Waals surface area contributed by atoms with E-state index in [-0.39, 0.29) is 5.91 Å². The summed E-state index contributed by atoms with van der Waals surface area (Å²) in [5.41, 5.74) is 1.96. The minimum atomic E-state index is 0.0864. The van der Waals surface area contributed by atoms with Crippen molar-refractivity contribution in [3.8, 4) is 0 Å². The quantitative estimate of drug-likeness (QED) is 0.937. The van der Waals surface area contributed by atoms with Gasteiger partial charge in [-0.25, -0.2) is 4.98 Å². The number of carbonyl (C=O) groups excluding carboxylic acids is 1. The zero-order chi connectivity index (χ0) is 16.4. The monoisotopic (exact) mass is 327 g/mol. The molecular formula is C18H25N5O. The molecule has 2 aliphatic rings. The molecule has 1 amide bonds. The minimum absolute atomic E-state index is 0.0864. The molecule has 4 heterocycles. The van der Waals surface area contributed by atoms with E-state index in [9.17, 15) is 4.79 Å². The highest BCUT2D eigenvalue weighted by atomic mass is 16.2. The Kier molecular flexibility index (Phi) is 4.38. The van der Waals surface area contributed by atoms with Gasteiger partial charge in [0.25, 0.3) is 5.91 Å². The van der Waals surface area contributed by atoms with Gasteiger partial charge < -0.3 is 14.5 Å². The molecule has 2 aromatic heterocycles. The summed E-state index contributed by atoms with van der Waals surface area (Å²) in [5.74, 6) is 1.20. The van der Waals surface area contributed by atoms with Crippen LogP contribution in [0.1, 0.15) is 41.3 Å². The molecule has 1 saturated heterocycles. The second-order valence-electron chi connectivity index (χ2n) is 6.78. The molecule has 0 aromatic carbocycles. The first kappa shape index (κ1) is 15.4. The number of aromatic nitrogens is 3. The van der Waals surface area contributed by atoms with Gasteiger partial charge in [-0.2, -0.15) is 0 Å². The molecular weight excluding hydrogens is 302 g/mol. The first-order chi connectivity index (χ1) is 11.8. The van der Waals surface area contributed by atoms with Crippen molar-refractivity contribution in [1.29, 1.82) is 0 Å². The number of fused-ring (bicyclic) bond motifs is 1. The standard InChI is InChI=1S/C18H25N5O/c24-18(16-5-4-7-19-16)22-10-6-17-20-13-15(23(17)12-11-22)14-21-8-2-1-3-9-21/h4-5,7,13,19H,1-3,6,8-12,14H2. The summed E-state index contributed by atoms with van der Waals surface area (Å²) in [7, 11) is 0. The van der Waals surface area contributed by atoms with Crippen LogP contribution >= 0.6 is 0 Å². The van der Waals surface area contributed by atoms with Crippen LogP contribution in [-0.4, -0.2) is 56.4 Å². The molecule has 0 spiro atoms. The lowest BCUT2D eigenvalue weighted by Crippen LogP contribution is -2.34. The maximum atomic E-state index is 12.5. The van der Waals surface area contributed by atoms with E-state index in [1.807, 2.05) is 23.2 Å². The van der Waals surface area contributed by atoms with Crippen molar-refractivity contribution in [3.05, 3.63) is 41.7 Å². The molecule has 0 bridgehead atoms. The van der Waals surface area contributed by atoms with Crippen molar-refractivity contribution >= 4 is 5.91 Å². The fourth-order valence-electron chi connectivity index (χ4n) is 3.80. The smallest absolute Gasteiger partial charge is 0.270 e. The van der Waals surface area contributed by atoms with E-state index in [1.54, 1.807) is 6.20 Å². The second kappa shape index (κ2) is 6.81. The van der Waals surface area contributed by atoms with Gasteiger partial charge in [0.1, 0.15) is 11.5 Å². The lowest BCUT2D eigenvalue weighted by Gasteiger charge is -2.26. The van der Waals surface area contributed by atoms with E-state index in [2.05, 4.69) is 19.4 Å². The third kappa shape index (κ3) is 3.11. The van der Waals surface area contributed by atoms with E-state index in [1.165, 1.54) is 38.0 Å². The highest BCUT2D eigenvalue weighted by molar-refractivity contribution is 5.92. The van der Waals surface area contributed by atoms with Gasteiger partial charge in [0.2, 0.25) is 0 Å². The van der Waals surface area contributed by atoms with E-state index in [4.69, 9.17) is 0 Å². The van der Waals surface area contributed by atoms with Crippen LogP contribution < -0.4 is 0 Å². The number of nitrogens with one attached hydrogen (secondary N) is 1. The van der Waals surface area contributed by atoms with Crippen molar-refractivity contribution in [2.45, 2.75) is 38.8 Å². The van der Waals surface area contributed by atoms with Crippen LogP contribution in [0.15, 0.2) is 24.5 Å². The number of aromatic amines is 1. The Morgan fingerprint density at radius 3 is 2.79 bits per heavy atom. The maximum absolute atomic E-state index is 12.5. The van der Waals surface area contributed by atoms with Crippen LogP contribution in [0.25, 0.3) is 0 Å². The minimum Gasteiger partial charge on any atom is -0.357 e. The Hall–Kier alpha value is -2.08. The van der Waals surface area contributed by atoms with Gasteiger partial charge in [-0.1, -0.05) is 6.42 Å². The maximum Gasteiger partial charge on any atom is 0.270 e. The first-order valence-electron chi connectivity index (χ1n) is 8.99. The normalized spacial score (nSPS) is 19.1. The average Bonchev–Trinajstić information content (AvgIpc) is 3.22. The molecule has 0 saturated carbocycles. The van der Waals surface area contributed by atoms with Gasteiger partial charge in [0, 0.05) is 45.0 Å². The highest BCUT2D eigenvalue weighted by Crippen LogP contribution is 2.17. The molecule has 128 valence electrons. The lowest BCUT2D eigenvalue weighted by atomic mass is 10.1. The third-order valence-electron chi connectivity index (χ3n) is 5.17. The zero-order valence-electron chi connectivity index (χ0n) is 14.1. The number of hydrogen-bond donors (Lipinski definition) is 1. The Bertz CT molecular complexity index is 684. The number of likely N-dealkylation sites (tertiary alicyclic amines) is 1. The Balaban J connectivity index is 1.44. The SMILES string of the molecule is O=C(c1ccc[nH]1)N1CCc2ncc(CN3CCCCC3)n2CC1. The Labute approximate surface area is 142 Å². The number of imidazole rings is 1. The van der Waals surface area contributed by atoms with Crippen molar-refractivity contribution in [3.63, 3.8) is 0 Å². The fourth-order valence-corrected chi connectivity index (χ4v) is 3.80. The lowest BCUT2D eigenvalue weighted by molar-refractivity contribution is 0.0753. The molecule has 4 rings (SSSR count). The van der Waals surface area contributed by atoms with Gasteiger partial charge in [-0.15, -0.1) is 0 Å². The van der Waals surface area contributed by atoms with Gasteiger partial charge >= 0.3 is 0 Å². The molecule has 1 N–H and O–H groups in total. The molecule has 2 aromatic rings. The summed E-state index contributed by atoms with van der Waals surface area (Å²) in [5, 5.41) is 0. The summed E-state index contributed by atoms with van der Waals surface area (Å²) in [6.07, 6.45) is 8.63. The van der Waals surface area contributed by atoms with Crippen molar-refractivity contribution in [2.75, 3.05) is 26.2 Å².